The normalized spacial score (nSPS) is 11.3. The highest BCUT2D eigenvalue weighted by Gasteiger charge is 2.05. The molecule has 0 aromatic heterocycles. The van der Waals surface area contributed by atoms with Crippen LogP contribution in [0.5, 0.6) is 5.75 Å². The van der Waals surface area contributed by atoms with Gasteiger partial charge in [0.2, 0.25) is 0 Å². The second-order valence-corrected chi connectivity index (χ2v) is 5.37. The van der Waals surface area contributed by atoms with E-state index >= 15 is 0 Å². The molecule has 1 atom stereocenters. The zero-order valence-electron chi connectivity index (χ0n) is 13.7. The Hall–Kier alpha value is -2.44. The first-order valence-corrected chi connectivity index (χ1v) is 7.88. The number of ether oxygens (including phenoxy) is 1. The summed E-state index contributed by atoms with van der Waals surface area (Å²) in [6.45, 7) is 2.74. The molecule has 0 amide bonds. The predicted molar refractivity (Wildman–Crippen MR) is 94.8 cm³/mol. The average molecular weight is 309 g/mol. The lowest BCUT2D eigenvalue weighted by Gasteiger charge is -2.12. The van der Waals surface area contributed by atoms with E-state index in [9.17, 15) is 0 Å². The third-order valence-electron chi connectivity index (χ3n) is 3.70. The minimum Gasteiger partial charge on any atom is -0.493 e. The molecule has 23 heavy (non-hydrogen) atoms. The van der Waals surface area contributed by atoms with Gasteiger partial charge in [0.05, 0.1) is 6.61 Å². The van der Waals surface area contributed by atoms with Crippen LogP contribution in [0.15, 0.2) is 48.5 Å². The van der Waals surface area contributed by atoms with E-state index in [0.29, 0.717) is 6.61 Å². The molecule has 2 rings (SSSR count). The predicted octanol–water partition coefficient (Wildman–Crippen LogP) is 3.53. The Morgan fingerprint density at radius 1 is 1.00 bits per heavy atom. The van der Waals surface area contributed by atoms with Crippen molar-refractivity contribution in [3.63, 3.8) is 0 Å². The third kappa shape index (κ3) is 5.36. The molecule has 120 valence electrons. The molecule has 3 heteroatoms. The molecule has 2 aromatic rings. The molecule has 0 aliphatic carbocycles. The highest BCUT2D eigenvalue weighted by Crippen LogP contribution is 2.14. The van der Waals surface area contributed by atoms with Crippen LogP contribution in [0.2, 0.25) is 0 Å². The zero-order chi connectivity index (χ0) is 16.5. The molecular formula is C20H23NO2. The van der Waals surface area contributed by atoms with Crippen molar-refractivity contribution < 1.29 is 9.84 Å². The summed E-state index contributed by atoms with van der Waals surface area (Å²) in [5, 5.41) is 12.2. The lowest BCUT2D eigenvalue weighted by Crippen LogP contribution is -2.14. The van der Waals surface area contributed by atoms with Gasteiger partial charge in [-0.1, -0.05) is 18.8 Å². The number of aliphatic hydroxyl groups excluding tert-OH is 1. The van der Waals surface area contributed by atoms with E-state index in [-0.39, 0.29) is 12.5 Å². The topological polar surface area (TPSA) is 41.5 Å². The van der Waals surface area contributed by atoms with Gasteiger partial charge in [0.1, 0.15) is 5.75 Å². The molecule has 0 aliphatic rings. The zero-order valence-corrected chi connectivity index (χ0v) is 13.7. The van der Waals surface area contributed by atoms with Gasteiger partial charge in [-0.2, -0.15) is 0 Å². The van der Waals surface area contributed by atoms with E-state index in [0.717, 1.165) is 29.0 Å². The summed E-state index contributed by atoms with van der Waals surface area (Å²) in [5.41, 5.74) is 3.01. The number of hydrogen-bond donors (Lipinski definition) is 2. The first kappa shape index (κ1) is 16.9. The number of aliphatic hydroxyl groups is 1. The SMILES string of the molecule is CCC(CO)COc1ccc(C#Cc2ccc(NC)cc2)cc1. The Balaban J connectivity index is 1.95. The molecule has 0 bridgehead atoms. The number of hydrogen-bond acceptors (Lipinski definition) is 3. The van der Waals surface area contributed by atoms with Gasteiger partial charge in [-0.3, -0.25) is 0 Å². The van der Waals surface area contributed by atoms with Crippen molar-refractivity contribution in [3.05, 3.63) is 59.7 Å². The van der Waals surface area contributed by atoms with Gasteiger partial charge in [-0.15, -0.1) is 0 Å². The van der Waals surface area contributed by atoms with Gasteiger partial charge in [0.25, 0.3) is 0 Å². The highest BCUT2D eigenvalue weighted by atomic mass is 16.5. The molecule has 0 fully saturated rings. The lowest BCUT2D eigenvalue weighted by molar-refractivity contribution is 0.160. The summed E-state index contributed by atoms with van der Waals surface area (Å²) >= 11 is 0. The van der Waals surface area contributed by atoms with Gasteiger partial charge in [-0.05, 0) is 55.0 Å². The maximum atomic E-state index is 9.16. The molecule has 0 aliphatic heterocycles. The maximum absolute atomic E-state index is 9.16. The molecule has 0 spiro atoms. The molecule has 0 heterocycles. The summed E-state index contributed by atoms with van der Waals surface area (Å²) in [6.07, 6.45) is 0.909. The highest BCUT2D eigenvalue weighted by molar-refractivity contribution is 5.50. The van der Waals surface area contributed by atoms with Crippen molar-refractivity contribution in [3.8, 4) is 17.6 Å². The lowest BCUT2D eigenvalue weighted by atomic mass is 10.1. The van der Waals surface area contributed by atoms with Crippen molar-refractivity contribution in [2.24, 2.45) is 5.92 Å². The average Bonchev–Trinajstić information content (AvgIpc) is 2.62. The molecule has 0 radical (unpaired) electrons. The van der Waals surface area contributed by atoms with Crippen molar-refractivity contribution in [2.75, 3.05) is 25.6 Å². The number of benzene rings is 2. The molecule has 1 unspecified atom stereocenters. The molecule has 2 N–H and O–H groups in total. The molecule has 2 aromatic carbocycles. The largest absolute Gasteiger partial charge is 0.493 e. The maximum Gasteiger partial charge on any atom is 0.119 e. The van der Waals surface area contributed by atoms with Crippen LogP contribution < -0.4 is 10.1 Å². The summed E-state index contributed by atoms with van der Waals surface area (Å²) in [4.78, 5) is 0. The van der Waals surface area contributed by atoms with Crippen LogP contribution in [0.25, 0.3) is 0 Å². The van der Waals surface area contributed by atoms with Crippen LogP contribution in [-0.4, -0.2) is 25.4 Å². The molecule has 0 saturated heterocycles. The van der Waals surface area contributed by atoms with E-state index < -0.39 is 0 Å². The second kappa shape index (κ2) is 8.87. The fourth-order valence-corrected chi connectivity index (χ4v) is 2.01. The number of rotatable bonds is 6. The third-order valence-corrected chi connectivity index (χ3v) is 3.70. The molecule has 0 saturated carbocycles. The van der Waals surface area contributed by atoms with Crippen LogP contribution in [-0.2, 0) is 0 Å². The van der Waals surface area contributed by atoms with Crippen LogP contribution in [0.3, 0.4) is 0 Å². The van der Waals surface area contributed by atoms with Gasteiger partial charge < -0.3 is 15.2 Å². The van der Waals surface area contributed by atoms with E-state index in [1.165, 1.54) is 0 Å². The second-order valence-electron chi connectivity index (χ2n) is 5.37. The minimum absolute atomic E-state index is 0.159. The molecule has 3 nitrogen and oxygen atoms in total. The summed E-state index contributed by atoms with van der Waals surface area (Å²) in [7, 11) is 1.90. The molecular weight excluding hydrogens is 286 g/mol. The Morgan fingerprint density at radius 2 is 1.57 bits per heavy atom. The van der Waals surface area contributed by atoms with Gasteiger partial charge in [0, 0.05) is 36.4 Å². The fourth-order valence-electron chi connectivity index (χ4n) is 2.01. The summed E-state index contributed by atoms with van der Waals surface area (Å²) < 4.78 is 5.68. The van der Waals surface area contributed by atoms with Crippen molar-refractivity contribution in [1.29, 1.82) is 0 Å². The Labute approximate surface area is 138 Å². The minimum atomic E-state index is 0.159. The van der Waals surface area contributed by atoms with Gasteiger partial charge in [0.15, 0.2) is 0 Å². The summed E-state index contributed by atoms with van der Waals surface area (Å²) in [6, 6.07) is 15.7. The van der Waals surface area contributed by atoms with E-state index in [1.54, 1.807) is 0 Å². The van der Waals surface area contributed by atoms with Gasteiger partial charge >= 0.3 is 0 Å². The van der Waals surface area contributed by atoms with E-state index in [1.807, 2.05) is 62.5 Å². The number of nitrogens with one attached hydrogen (secondary N) is 1. The van der Waals surface area contributed by atoms with Crippen LogP contribution in [0, 0.1) is 17.8 Å². The van der Waals surface area contributed by atoms with Crippen molar-refractivity contribution >= 4 is 5.69 Å². The van der Waals surface area contributed by atoms with Crippen molar-refractivity contribution in [1.82, 2.24) is 0 Å². The van der Waals surface area contributed by atoms with Crippen LogP contribution >= 0.6 is 0 Å². The first-order valence-electron chi connectivity index (χ1n) is 7.88. The Morgan fingerprint density at radius 3 is 2.04 bits per heavy atom. The fraction of sp³-hybridized carbons (Fsp3) is 0.300. The van der Waals surface area contributed by atoms with Crippen LogP contribution in [0.1, 0.15) is 24.5 Å². The van der Waals surface area contributed by atoms with Crippen LogP contribution in [0.4, 0.5) is 5.69 Å². The summed E-state index contributed by atoms with van der Waals surface area (Å²) in [5.74, 6) is 7.29. The van der Waals surface area contributed by atoms with Crippen molar-refractivity contribution in [2.45, 2.75) is 13.3 Å². The van der Waals surface area contributed by atoms with E-state index in [4.69, 9.17) is 9.84 Å². The first-order chi connectivity index (χ1) is 11.2. The quantitative estimate of drug-likeness (QED) is 0.802. The Kier molecular flexibility index (Phi) is 6.53. The Bertz CT molecular complexity index is 647. The monoisotopic (exact) mass is 309 g/mol. The standard InChI is InChI=1S/C20H23NO2/c1-3-16(14-22)15-23-20-12-8-18(9-13-20)5-4-17-6-10-19(21-2)11-7-17/h6-13,16,21-22H,3,14-15H2,1-2H3. The van der Waals surface area contributed by atoms with Gasteiger partial charge in [-0.25, -0.2) is 0 Å². The number of anilines is 1. The van der Waals surface area contributed by atoms with E-state index in [2.05, 4.69) is 17.2 Å². The smallest absolute Gasteiger partial charge is 0.119 e.